The van der Waals surface area contributed by atoms with Gasteiger partial charge in [-0.25, -0.2) is 17.6 Å². The topological polar surface area (TPSA) is 76.1 Å². The molecule has 0 radical (unpaired) electrons. The molecule has 0 fully saturated rings. The van der Waals surface area contributed by atoms with E-state index in [1.807, 2.05) is 0 Å². The standard InChI is InChI=1S/C6H6F4N4/c7-1-2(8)6(14-12)4(10)3(9)5(1)13-11/h13-14H,11-12H2. The van der Waals surface area contributed by atoms with Crippen LogP contribution in [0.25, 0.3) is 0 Å². The molecule has 0 unspecified atom stereocenters. The summed E-state index contributed by atoms with van der Waals surface area (Å²) < 4.78 is 51.5. The van der Waals surface area contributed by atoms with E-state index in [4.69, 9.17) is 0 Å². The van der Waals surface area contributed by atoms with Crippen LogP contribution < -0.4 is 22.5 Å². The van der Waals surface area contributed by atoms with E-state index in [9.17, 15) is 17.6 Å². The Labute approximate surface area is 75.8 Å². The molecule has 8 heteroatoms. The number of anilines is 2. The highest BCUT2D eigenvalue weighted by Crippen LogP contribution is 2.30. The minimum atomic E-state index is -1.65. The van der Waals surface area contributed by atoms with Crippen LogP contribution in [0.5, 0.6) is 0 Å². The fraction of sp³-hybridized carbons (Fsp3) is 0. The minimum absolute atomic E-state index is 1.10. The summed E-state index contributed by atoms with van der Waals surface area (Å²) in [6.45, 7) is 0. The lowest BCUT2D eigenvalue weighted by Gasteiger charge is -2.10. The average molecular weight is 210 g/mol. The number of nitrogens with one attached hydrogen (secondary N) is 2. The molecule has 0 saturated heterocycles. The molecule has 0 aliphatic rings. The van der Waals surface area contributed by atoms with E-state index >= 15 is 0 Å². The molecule has 0 heterocycles. The molecule has 1 aromatic carbocycles. The molecule has 6 N–H and O–H groups in total. The molecule has 0 aliphatic carbocycles. The van der Waals surface area contributed by atoms with Gasteiger partial charge < -0.3 is 10.9 Å². The van der Waals surface area contributed by atoms with Crippen molar-refractivity contribution in [1.29, 1.82) is 0 Å². The van der Waals surface area contributed by atoms with Crippen LogP contribution in [0.4, 0.5) is 28.9 Å². The normalized spacial score (nSPS) is 10.1. The van der Waals surface area contributed by atoms with Crippen LogP contribution >= 0.6 is 0 Å². The summed E-state index contributed by atoms with van der Waals surface area (Å²) in [5.41, 5.74) is 0.800. The number of hydrogen-bond acceptors (Lipinski definition) is 4. The summed E-state index contributed by atoms with van der Waals surface area (Å²) in [5.74, 6) is 2.72. The SMILES string of the molecule is NNc1c(F)c(F)c(NN)c(F)c1F. The van der Waals surface area contributed by atoms with Gasteiger partial charge in [0.25, 0.3) is 0 Å². The van der Waals surface area contributed by atoms with Crippen molar-refractivity contribution < 1.29 is 17.6 Å². The second-order valence-electron chi connectivity index (χ2n) is 2.29. The Bertz CT molecular complexity index is 303. The first-order valence-electron chi connectivity index (χ1n) is 3.33. The van der Waals surface area contributed by atoms with Crippen LogP contribution in [0.1, 0.15) is 0 Å². The lowest BCUT2D eigenvalue weighted by atomic mass is 10.2. The maximum absolute atomic E-state index is 12.9. The summed E-state index contributed by atoms with van der Waals surface area (Å²) in [4.78, 5) is 0. The highest BCUT2D eigenvalue weighted by molar-refractivity contribution is 5.57. The van der Waals surface area contributed by atoms with E-state index < -0.39 is 34.6 Å². The largest absolute Gasteiger partial charge is 0.319 e. The summed E-state index contributed by atoms with van der Waals surface area (Å²) >= 11 is 0. The Morgan fingerprint density at radius 1 is 0.643 bits per heavy atom. The van der Waals surface area contributed by atoms with Crippen LogP contribution in [0.2, 0.25) is 0 Å². The Kier molecular flexibility index (Phi) is 2.77. The molecule has 14 heavy (non-hydrogen) atoms. The number of hydrogen-bond donors (Lipinski definition) is 4. The molecular formula is C6H6F4N4. The zero-order chi connectivity index (χ0) is 10.9. The van der Waals surface area contributed by atoms with Crippen LogP contribution in [0.15, 0.2) is 0 Å². The molecule has 4 nitrogen and oxygen atoms in total. The Balaban J connectivity index is 3.55. The number of nitrogens with two attached hydrogens (primary N) is 2. The van der Waals surface area contributed by atoms with Crippen molar-refractivity contribution in [2.45, 2.75) is 0 Å². The predicted molar refractivity (Wildman–Crippen MR) is 41.9 cm³/mol. The van der Waals surface area contributed by atoms with E-state index in [2.05, 4.69) is 11.7 Å². The van der Waals surface area contributed by atoms with Gasteiger partial charge in [-0.3, -0.25) is 11.7 Å². The van der Waals surface area contributed by atoms with Gasteiger partial charge in [0.05, 0.1) is 0 Å². The molecule has 0 atom stereocenters. The number of hydrazine groups is 2. The van der Waals surface area contributed by atoms with Crippen molar-refractivity contribution in [2.75, 3.05) is 10.9 Å². The maximum atomic E-state index is 12.9. The molecule has 0 aromatic heterocycles. The van der Waals surface area contributed by atoms with Crippen molar-refractivity contribution in [3.05, 3.63) is 23.3 Å². The smallest absolute Gasteiger partial charge is 0.188 e. The predicted octanol–water partition coefficient (Wildman–Crippen LogP) is 0.814. The first-order chi connectivity index (χ1) is 6.54. The number of nitrogen functional groups attached to an aromatic ring is 2. The molecule has 0 spiro atoms. The molecule has 1 aromatic rings. The van der Waals surface area contributed by atoms with Gasteiger partial charge in [-0.15, -0.1) is 0 Å². The van der Waals surface area contributed by atoms with Gasteiger partial charge in [0.15, 0.2) is 23.3 Å². The first-order valence-corrected chi connectivity index (χ1v) is 3.33. The third kappa shape index (κ3) is 1.34. The summed E-state index contributed by atoms with van der Waals surface area (Å²) in [7, 11) is 0. The minimum Gasteiger partial charge on any atom is -0.319 e. The summed E-state index contributed by atoms with van der Waals surface area (Å²) in [6, 6.07) is 0. The summed E-state index contributed by atoms with van der Waals surface area (Å²) in [5, 5.41) is 0. The van der Waals surface area contributed by atoms with Gasteiger partial charge >= 0.3 is 0 Å². The van der Waals surface area contributed by atoms with E-state index in [0.717, 1.165) is 0 Å². The fourth-order valence-electron chi connectivity index (χ4n) is 0.885. The van der Waals surface area contributed by atoms with Crippen LogP contribution in [0, 0.1) is 23.3 Å². The maximum Gasteiger partial charge on any atom is 0.188 e. The first kappa shape index (κ1) is 10.5. The molecule has 0 amide bonds. The van der Waals surface area contributed by atoms with E-state index in [0.29, 0.717) is 0 Å². The lowest BCUT2D eigenvalue weighted by molar-refractivity contribution is 0.463. The van der Waals surface area contributed by atoms with Crippen molar-refractivity contribution in [1.82, 2.24) is 0 Å². The molecule has 0 bridgehead atoms. The van der Waals surface area contributed by atoms with Crippen molar-refractivity contribution >= 4 is 11.4 Å². The Morgan fingerprint density at radius 3 is 1.00 bits per heavy atom. The molecule has 1 rings (SSSR count). The third-order valence-electron chi connectivity index (χ3n) is 1.55. The van der Waals surface area contributed by atoms with Gasteiger partial charge in [-0.05, 0) is 0 Å². The van der Waals surface area contributed by atoms with Gasteiger partial charge in [-0.2, -0.15) is 0 Å². The van der Waals surface area contributed by atoms with Crippen molar-refractivity contribution in [3.63, 3.8) is 0 Å². The van der Waals surface area contributed by atoms with Gasteiger partial charge in [0.2, 0.25) is 0 Å². The van der Waals surface area contributed by atoms with E-state index in [1.165, 1.54) is 10.9 Å². The number of halogens is 4. The van der Waals surface area contributed by atoms with Gasteiger partial charge in [0, 0.05) is 0 Å². The fourth-order valence-corrected chi connectivity index (χ4v) is 0.885. The van der Waals surface area contributed by atoms with E-state index in [-0.39, 0.29) is 0 Å². The molecule has 78 valence electrons. The number of benzene rings is 1. The quantitative estimate of drug-likeness (QED) is 0.252. The second kappa shape index (κ2) is 3.68. The second-order valence-corrected chi connectivity index (χ2v) is 2.29. The molecular weight excluding hydrogens is 204 g/mol. The molecule has 0 aliphatic heterocycles. The summed E-state index contributed by atoms with van der Waals surface area (Å²) in [6.07, 6.45) is 0. The van der Waals surface area contributed by atoms with Crippen LogP contribution in [-0.2, 0) is 0 Å². The van der Waals surface area contributed by atoms with Crippen molar-refractivity contribution in [3.8, 4) is 0 Å². The zero-order valence-electron chi connectivity index (χ0n) is 6.67. The highest BCUT2D eigenvalue weighted by atomic mass is 19.2. The Hall–Kier alpha value is -1.54. The van der Waals surface area contributed by atoms with Crippen molar-refractivity contribution in [2.24, 2.45) is 11.7 Å². The average Bonchev–Trinajstić information content (AvgIpc) is 2.17. The van der Waals surface area contributed by atoms with E-state index in [1.54, 1.807) is 0 Å². The monoisotopic (exact) mass is 210 g/mol. The van der Waals surface area contributed by atoms with Crippen LogP contribution in [-0.4, -0.2) is 0 Å². The lowest BCUT2D eigenvalue weighted by Crippen LogP contribution is -2.17. The highest BCUT2D eigenvalue weighted by Gasteiger charge is 2.24. The molecule has 0 saturated carbocycles. The van der Waals surface area contributed by atoms with Crippen LogP contribution in [0.3, 0.4) is 0 Å². The third-order valence-corrected chi connectivity index (χ3v) is 1.55. The zero-order valence-corrected chi connectivity index (χ0v) is 6.67. The Morgan fingerprint density at radius 2 is 0.857 bits per heavy atom. The number of rotatable bonds is 2. The van der Waals surface area contributed by atoms with Gasteiger partial charge in [0.1, 0.15) is 11.4 Å². The van der Waals surface area contributed by atoms with Gasteiger partial charge in [-0.1, -0.05) is 0 Å².